The summed E-state index contributed by atoms with van der Waals surface area (Å²) in [5.74, 6) is 0.686. The minimum Gasteiger partial charge on any atom is -0.494 e. The highest BCUT2D eigenvalue weighted by atomic mass is 32.1. The zero-order valence-corrected chi connectivity index (χ0v) is 23.9. The average Bonchev–Trinajstić information content (AvgIpc) is 3.65. The summed E-state index contributed by atoms with van der Waals surface area (Å²) in [6.45, 7) is 16.8. The van der Waals surface area contributed by atoms with Gasteiger partial charge in [0.05, 0.1) is 36.0 Å². The van der Waals surface area contributed by atoms with E-state index in [9.17, 15) is 9.90 Å². The van der Waals surface area contributed by atoms with Crippen molar-refractivity contribution in [2.75, 3.05) is 26.2 Å². The lowest BCUT2D eigenvalue weighted by atomic mass is 9.94. The van der Waals surface area contributed by atoms with Crippen molar-refractivity contribution < 1.29 is 24.6 Å². The number of thiophene rings is 2. The molecule has 0 saturated carbocycles. The highest BCUT2D eigenvalue weighted by Gasteiger charge is 2.42. The van der Waals surface area contributed by atoms with E-state index in [1.165, 1.54) is 61.6 Å². The number of carboxylic acids is 1. The maximum Gasteiger partial charge on any atom is 0.346 e. The number of piperidine rings is 1. The van der Waals surface area contributed by atoms with Crippen LogP contribution in [0.4, 0.5) is 0 Å². The van der Waals surface area contributed by atoms with Crippen LogP contribution >= 0.6 is 22.7 Å². The number of carboxylic acid groups (broad SMARTS) is 1. The number of rotatable bonds is 11. The normalized spacial score (nSPS) is 18.0. The van der Waals surface area contributed by atoms with Gasteiger partial charge < -0.3 is 19.8 Å². The standard InChI is InChI=1S/C17H29NO.C10H8O3S2.C2H6/c1-4-7-9-17(6-3)19-15-8-12-18-13-10-16(5-2)11-14-18;11-9(12)10(13,7-3-1-5-14-7)8-4-2-6-15-8;1-2/h4,6-7,9,16H,1,5,8,10-15H2,2-3H3;1-6,13H,(H,11,12);1-2H3/p+1/b9-7-,17-6+;;. The van der Waals surface area contributed by atoms with Gasteiger partial charge in [0.25, 0.3) is 0 Å². The molecule has 36 heavy (non-hydrogen) atoms. The Kier molecular flexibility index (Phi) is 16.0. The SMILES string of the molecule is C=C/C=C\C(=C/C)OCCC[NH+]1CCC(CC)CC1.CC.O=C(O)C(O)(c1cccs1)c1cccs1. The third-order valence-electron chi connectivity index (χ3n) is 6.08. The highest BCUT2D eigenvalue weighted by Crippen LogP contribution is 2.35. The number of allylic oxidation sites excluding steroid dienone is 4. The molecule has 3 N–H and O–H groups in total. The van der Waals surface area contributed by atoms with E-state index in [1.807, 2.05) is 39.0 Å². The molecule has 5 nitrogen and oxygen atoms in total. The lowest BCUT2D eigenvalue weighted by molar-refractivity contribution is -0.906. The number of aliphatic carboxylic acids is 1. The molecule has 1 aliphatic heterocycles. The van der Waals surface area contributed by atoms with Gasteiger partial charge in [0.2, 0.25) is 5.60 Å². The maximum absolute atomic E-state index is 11.2. The Morgan fingerprint density at radius 1 is 1.19 bits per heavy atom. The summed E-state index contributed by atoms with van der Waals surface area (Å²) in [4.78, 5) is 13.8. The second-order valence-electron chi connectivity index (χ2n) is 8.31. The molecule has 0 aromatic carbocycles. The summed E-state index contributed by atoms with van der Waals surface area (Å²) in [6.07, 6.45) is 13.0. The van der Waals surface area contributed by atoms with Crippen LogP contribution in [0.25, 0.3) is 0 Å². The summed E-state index contributed by atoms with van der Waals surface area (Å²) in [5.41, 5.74) is -1.90. The molecule has 0 amide bonds. The van der Waals surface area contributed by atoms with E-state index in [0.29, 0.717) is 9.75 Å². The van der Waals surface area contributed by atoms with Crippen molar-refractivity contribution in [3.63, 3.8) is 0 Å². The molecule has 3 heterocycles. The van der Waals surface area contributed by atoms with Gasteiger partial charge in [-0.1, -0.05) is 58.1 Å². The van der Waals surface area contributed by atoms with Gasteiger partial charge in [0.1, 0.15) is 5.76 Å². The minimum absolute atomic E-state index is 0.428. The van der Waals surface area contributed by atoms with Crippen LogP contribution in [-0.2, 0) is 15.1 Å². The van der Waals surface area contributed by atoms with Gasteiger partial charge in [0.15, 0.2) is 0 Å². The largest absolute Gasteiger partial charge is 0.494 e. The molecule has 0 atom stereocenters. The maximum atomic E-state index is 11.2. The molecule has 2 aromatic rings. The Balaban J connectivity index is 0.000000344. The van der Waals surface area contributed by atoms with Gasteiger partial charge >= 0.3 is 5.97 Å². The van der Waals surface area contributed by atoms with Crippen LogP contribution in [0.3, 0.4) is 0 Å². The van der Waals surface area contributed by atoms with Gasteiger partial charge in [0, 0.05) is 6.42 Å². The van der Waals surface area contributed by atoms with E-state index in [4.69, 9.17) is 9.84 Å². The monoisotopic (exact) mass is 534 g/mol. The first-order valence-corrected chi connectivity index (χ1v) is 14.7. The van der Waals surface area contributed by atoms with Crippen LogP contribution in [0.15, 0.2) is 71.7 Å². The van der Waals surface area contributed by atoms with Crippen molar-refractivity contribution in [1.82, 2.24) is 0 Å². The number of ether oxygens (including phenoxy) is 1. The van der Waals surface area contributed by atoms with Crippen molar-refractivity contribution >= 4 is 28.6 Å². The molecule has 3 rings (SSSR count). The van der Waals surface area contributed by atoms with Crippen LogP contribution in [0.5, 0.6) is 0 Å². The lowest BCUT2D eigenvalue weighted by Crippen LogP contribution is -3.13. The molecule has 7 heteroatoms. The molecule has 1 fully saturated rings. The molecule has 0 spiro atoms. The van der Waals surface area contributed by atoms with Crippen LogP contribution in [-0.4, -0.2) is 42.4 Å². The van der Waals surface area contributed by atoms with Crippen molar-refractivity contribution in [2.24, 2.45) is 5.92 Å². The molecule has 200 valence electrons. The summed E-state index contributed by atoms with van der Waals surface area (Å²) < 4.78 is 5.74. The fourth-order valence-electron chi connectivity index (χ4n) is 3.95. The summed E-state index contributed by atoms with van der Waals surface area (Å²) >= 11 is 2.46. The Bertz CT molecular complexity index is 862. The van der Waals surface area contributed by atoms with Gasteiger partial charge in [-0.05, 0) is 60.7 Å². The first kappa shape index (κ1) is 31.8. The Labute approximate surface area is 225 Å². The van der Waals surface area contributed by atoms with E-state index < -0.39 is 11.6 Å². The van der Waals surface area contributed by atoms with Crippen LogP contribution in [0, 0.1) is 5.92 Å². The molecule has 0 radical (unpaired) electrons. The summed E-state index contributed by atoms with van der Waals surface area (Å²) in [5, 5.41) is 22.9. The average molecular weight is 535 g/mol. The van der Waals surface area contributed by atoms with Crippen molar-refractivity contribution in [3.8, 4) is 0 Å². The lowest BCUT2D eigenvalue weighted by Gasteiger charge is -2.28. The number of carbonyl (C=O) groups is 1. The van der Waals surface area contributed by atoms with Crippen molar-refractivity contribution in [1.29, 1.82) is 0 Å². The van der Waals surface area contributed by atoms with Gasteiger partial charge in [-0.15, -0.1) is 22.7 Å². The Hall–Kier alpha value is -2.19. The van der Waals surface area contributed by atoms with Crippen molar-refractivity contribution in [3.05, 3.63) is 81.4 Å². The summed E-state index contributed by atoms with van der Waals surface area (Å²) in [7, 11) is 0. The van der Waals surface area contributed by atoms with E-state index in [-0.39, 0.29) is 0 Å². The second-order valence-corrected chi connectivity index (χ2v) is 10.2. The number of aliphatic hydroxyl groups is 1. The fourth-order valence-corrected chi connectivity index (χ4v) is 5.67. The van der Waals surface area contributed by atoms with Gasteiger partial charge in [-0.2, -0.15) is 0 Å². The highest BCUT2D eigenvalue weighted by molar-refractivity contribution is 7.12. The Morgan fingerprint density at radius 2 is 1.78 bits per heavy atom. The van der Waals surface area contributed by atoms with Crippen LogP contribution < -0.4 is 4.90 Å². The molecule has 0 bridgehead atoms. The number of hydrogen-bond donors (Lipinski definition) is 3. The number of quaternary nitrogens is 1. The number of hydrogen-bond acceptors (Lipinski definition) is 5. The summed E-state index contributed by atoms with van der Waals surface area (Å²) in [6, 6.07) is 6.69. The second kappa shape index (κ2) is 18.1. The predicted molar refractivity (Wildman–Crippen MR) is 153 cm³/mol. The van der Waals surface area contributed by atoms with E-state index >= 15 is 0 Å². The fraction of sp³-hybridized carbons (Fsp3) is 0.483. The molecular formula is C29H44NO4S2+. The zero-order chi connectivity index (χ0) is 26.8. The molecular weight excluding hydrogens is 490 g/mol. The predicted octanol–water partition coefficient (Wildman–Crippen LogP) is 5.90. The zero-order valence-electron chi connectivity index (χ0n) is 22.2. The van der Waals surface area contributed by atoms with Gasteiger partial charge in [-0.3, -0.25) is 0 Å². The van der Waals surface area contributed by atoms with Crippen LogP contribution in [0.2, 0.25) is 0 Å². The quantitative estimate of drug-likeness (QED) is 0.191. The molecule has 0 unspecified atom stereocenters. The third-order valence-corrected chi connectivity index (χ3v) is 8.04. The number of likely N-dealkylation sites (tertiary alicyclic amines) is 1. The Morgan fingerprint density at radius 3 is 2.19 bits per heavy atom. The first-order valence-electron chi connectivity index (χ1n) is 12.9. The van der Waals surface area contributed by atoms with Crippen molar-refractivity contribution in [2.45, 2.75) is 59.0 Å². The smallest absolute Gasteiger partial charge is 0.346 e. The first-order chi connectivity index (χ1) is 17.4. The topological polar surface area (TPSA) is 71.2 Å². The van der Waals surface area contributed by atoms with Gasteiger partial charge in [-0.25, -0.2) is 4.79 Å². The molecule has 1 aliphatic rings. The van der Waals surface area contributed by atoms with E-state index in [2.05, 4.69) is 13.5 Å². The molecule has 1 saturated heterocycles. The van der Waals surface area contributed by atoms with E-state index in [0.717, 1.165) is 24.7 Å². The van der Waals surface area contributed by atoms with Crippen LogP contribution in [0.1, 0.15) is 63.1 Å². The van der Waals surface area contributed by atoms with E-state index in [1.54, 1.807) is 46.0 Å². The minimum atomic E-state index is -1.90. The molecule has 0 aliphatic carbocycles. The molecule has 2 aromatic heterocycles. The number of nitrogens with one attached hydrogen (secondary N) is 1. The third kappa shape index (κ3) is 10.1.